The van der Waals surface area contributed by atoms with Crippen LogP contribution in [0.1, 0.15) is 22.2 Å². The van der Waals surface area contributed by atoms with Gasteiger partial charge in [0.25, 0.3) is 5.91 Å². The molecule has 0 aliphatic carbocycles. The topological polar surface area (TPSA) is 64.6 Å². The fraction of sp³-hybridized carbons (Fsp3) is 0.143. The van der Waals surface area contributed by atoms with E-state index in [9.17, 15) is 9.59 Å². The Kier molecular flexibility index (Phi) is 5.07. The Hall–Kier alpha value is -2.83. The van der Waals surface area contributed by atoms with Crippen LogP contribution in [-0.2, 0) is 16.1 Å². The lowest BCUT2D eigenvalue weighted by Gasteiger charge is -2.16. The highest BCUT2D eigenvalue weighted by Crippen LogP contribution is 2.42. The van der Waals surface area contributed by atoms with Crippen LogP contribution in [0, 0.1) is 0 Å². The monoisotopic (exact) mass is 413 g/mol. The summed E-state index contributed by atoms with van der Waals surface area (Å²) >= 11 is 7.38. The first kappa shape index (κ1) is 18.5. The molecule has 7 heteroatoms. The van der Waals surface area contributed by atoms with Crippen molar-refractivity contribution in [3.05, 3.63) is 70.1 Å². The average molecular weight is 414 g/mol. The first-order valence-electron chi connectivity index (χ1n) is 8.64. The Bertz CT molecular complexity index is 1060. The lowest BCUT2D eigenvalue weighted by Crippen LogP contribution is -2.29. The molecule has 1 aliphatic heterocycles. The predicted octanol–water partition coefficient (Wildman–Crippen LogP) is 5.14. The van der Waals surface area contributed by atoms with E-state index in [1.165, 1.54) is 18.3 Å². The molecule has 0 spiro atoms. The van der Waals surface area contributed by atoms with Crippen molar-refractivity contribution in [2.45, 2.75) is 19.6 Å². The Morgan fingerprint density at radius 2 is 1.93 bits per heavy atom. The number of anilines is 1. The van der Waals surface area contributed by atoms with Crippen molar-refractivity contribution in [2.75, 3.05) is 5.32 Å². The Morgan fingerprint density at radius 3 is 2.75 bits per heavy atom. The third-order valence-electron chi connectivity index (χ3n) is 4.31. The average Bonchev–Trinajstić information content (AvgIpc) is 3.14. The molecule has 0 bridgehead atoms. The second kappa shape index (κ2) is 7.66. The first-order chi connectivity index (χ1) is 13.5. The van der Waals surface area contributed by atoms with Crippen LogP contribution in [0.15, 0.2) is 54.6 Å². The number of fused-ring (bicyclic) bond motifs is 3. The maximum atomic E-state index is 12.6. The summed E-state index contributed by atoms with van der Waals surface area (Å²) in [6, 6.07) is 16.3. The molecule has 1 aliphatic rings. The Labute approximate surface area is 170 Å². The van der Waals surface area contributed by atoms with Gasteiger partial charge in [0.15, 0.2) is 6.10 Å². The summed E-state index contributed by atoms with van der Waals surface area (Å²) in [6.45, 7) is 1.93. The van der Waals surface area contributed by atoms with Gasteiger partial charge in [-0.1, -0.05) is 35.9 Å². The third-order valence-corrected chi connectivity index (χ3v) is 5.83. The minimum absolute atomic E-state index is 0.401. The third kappa shape index (κ3) is 3.61. The van der Waals surface area contributed by atoms with Gasteiger partial charge in [-0.25, -0.2) is 4.79 Å². The molecule has 0 unspecified atom stereocenters. The summed E-state index contributed by atoms with van der Waals surface area (Å²) < 4.78 is 11.1. The Balaban J connectivity index is 1.47. The van der Waals surface area contributed by atoms with Gasteiger partial charge in [0.1, 0.15) is 17.2 Å². The first-order valence-corrected chi connectivity index (χ1v) is 9.83. The molecule has 2 aromatic carbocycles. The zero-order valence-corrected chi connectivity index (χ0v) is 16.5. The van der Waals surface area contributed by atoms with E-state index in [4.69, 9.17) is 21.1 Å². The van der Waals surface area contributed by atoms with Gasteiger partial charge < -0.3 is 14.8 Å². The highest BCUT2D eigenvalue weighted by atomic mass is 35.5. The number of rotatable bonds is 4. The van der Waals surface area contributed by atoms with Gasteiger partial charge in [-0.05, 0) is 37.3 Å². The number of esters is 1. The highest BCUT2D eigenvalue weighted by molar-refractivity contribution is 7.17. The smallest absolute Gasteiger partial charge is 0.349 e. The van der Waals surface area contributed by atoms with Crippen molar-refractivity contribution in [1.82, 2.24) is 0 Å². The van der Waals surface area contributed by atoms with Crippen LogP contribution in [0.5, 0.6) is 5.75 Å². The number of benzene rings is 2. The van der Waals surface area contributed by atoms with Crippen LogP contribution in [0.4, 0.5) is 5.69 Å². The summed E-state index contributed by atoms with van der Waals surface area (Å²) in [5, 5.41) is 3.08. The Morgan fingerprint density at radius 1 is 1.18 bits per heavy atom. The van der Waals surface area contributed by atoms with Crippen molar-refractivity contribution in [3.8, 4) is 16.2 Å². The fourth-order valence-electron chi connectivity index (χ4n) is 2.87. The van der Waals surface area contributed by atoms with Gasteiger partial charge in [-0.15, -0.1) is 11.3 Å². The summed E-state index contributed by atoms with van der Waals surface area (Å²) in [6.07, 6.45) is -0.966. The molecule has 4 rings (SSSR count). The molecule has 2 heterocycles. The lowest BCUT2D eigenvalue weighted by atomic mass is 10.1. The summed E-state index contributed by atoms with van der Waals surface area (Å²) in [5.41, 5.74) is 2.36. The number of para-hydroxylation sites is 2. The molecule has 1 aromatic heterocycles. The van der Waals surface area contributed by atoms with Gasteiger partial charge in [0, 0.05) is 16.0 Å². The van der Waals surface area contributed by atoms with Crippen LogP contribution >= 0.6 is 22.9 Å². The molecule has 1 N–H and O–H groups in total. The SMILES string of the molecule is C[C@@H](OC(=O)c1cc2c(s1)-c1ccccc1OC2)C(=O)Nc1ccccc1Cl. The highest BCUT2D eigenvalue weighted by Gasteiger charge is 2.25. The predicted molar refractivity (Wildman–Crippen MR) is 109 cm³/mol. The number of carbonyl (C=O) groups is 2. The van der Waals surface area contributed by atoms with Crippen molar-refractivity contribution >= 4 is 40.5 Å². The molecule has 0 saturated heterocycles. The number of amides is 1. The number of hydrogen-bond acceptors (Lipinski definition) is 5. The van der Waals surface area contributed by atoms with E-state index in [1.54, 1.807) is 30.3 Å². The molecule has 0 radical (unpaired) electrons. The molecule has 3 aromatic rings. The molecular weight excluding hydrogens is 398 g/mol. The van der Waals surface area contributed by atoms with Gasteiger partial charge in [-0.3, -0.25) is 4.79 Å². The molecule has 1 atom stereocenters. The number of carbonyl (C=O) groups excluding carboxylic acids is 2. The van der Waals surface area contributed by atoms with Gasteiger partial charge in [0.2, 0.25) is 0 Å². The van der Waals surface area contributed by atoms with Crippen LogP contribution in [0.25, 0.3) is 10.4 Å². The van der Waals surface area contributed by atoms with Crippen LogP contribution in [-0.4, -0.2) is 18.0 Å². The molecule has 28 heavy (non-hydrogen) atoms. The molecule has 0 saturated carbocycles. The van der Waals surface area contributed by atoms with Crippen LogP contribution < -0.4 is 10.1 Å². The van der Waals surface area contributed by atoms with E-state index in [0.717, 1.165) is 21.8 Å². The second-order valence-electron chi connectivity index (χ2n) is 6.27. The summed E-state index contributed by atoms with van der Waals surface area (Å²) in [4.78, 5) is 26.3. The standard InChI is InChI=1S/C21H16ClNO4S/c1-12(20(24)23-16-8-4-3-7-15(16)22)27-21(25)18-10-13-11-26-17-9-5-2-6-14(17)19(13)28-18/h2-10,12H,11H2,1H3,(H,23,24)/t12-/m1/s1. The number of ether oxygens (including phenoxy) is 2. The fourth-order valence-corrected chi connectivity index (χ4v) is 4.13. The quantitative estimate of drug-likeness (QED) is 0.601. The molecular formula is C21H16ClNO4S. The lowest BCUT2D eigenvalue weighted by molar-refractivity contribution is -0.123. The minimum Gasteiger partial charge on any atom is -0.488 e. The molecule has 142 valence electrons. The second-order valence-corrected chi connectivity index (χ2v) is 7.73. The van der Waals surface area contributed by atoms with E-state index >= 15 is 0 Å². The zero-order valence-electron chi connectivity index (χ0n) is 14.9. The van der Waals surface area contributed by atoms with Crippen LogP contribution in [0.2, 0.25) is 5.02 Å². The number of halogens is 1. The van der Waals surface area contributed by atoms with E-state index in [2.05, 4.69) is 5.32 Å². The minimum atomic E-state index is -0.966. The summed E-state index contributed by atoms with van der Waals surface area (Å²) in [7, 11) is 0. The largest absolute Gasteiger partial charge is 0.488 e. The van der Waals surface area contributed by atoms with Gasteiger partial charge >= 0.3 is 5.97 Å². The van der Waals surface area contributed by atoms with E-state index in [0.29, 0.717) is 22.2 Å². The molecule has 0 fully saturated rings. The van der Waals surface area contributed by atoms with Crippen molar-refractivity contribution in [3.63, 3.8) is 0 Å². The number of thiophene rings is 1. The van der Waals surface area contributed by atoms with Gasteiger partial charge in [0.05, 0.1) is 10.7 Å². The molecule has 5 nitrogen and oxygen atoms in total. The van der Waals surface area contributed by atoms with Gasteiger partial charge in [-0.2, -0.15) is 0 Å². The molecule has 1 amide bonds. The maximum absolute atomic E-state index is 12.6. The van der Waals surface area contributed by atoms with Crippen molar-refractivity contribution < 1.29 is 19.1 Å². The maximum Gasteiger partial charge on any atom is 0.349 e. The number of nitrogens with one attached hydrogen (secondary N) is 1. The van der Waals surface area contributed by atoms with E-state index in [-0.39, 0.29) is 0 Å². The summed E-state index contributed by atoms with van der Waals surface area (Å²) in [5.74, 6) is -0.195. The van der Waals surface area contributed by atoms with E-state index in [1.807, 2.05) is 24.3 Å². The van der Waals surface area contributed by atoms with E-state index < -0.39 is 18.0 Å². The van der Waals surface area contributed by atoms with Crippen molar-refractivity contribution in [1.29, 1.82) is 0 Å². The number of hydrogen-bond donors (Lipinski definition) is 1. The zero-order chi connectivity index (χ0) is 19.7. The normalized spacial score (nSPS) is 12.9. The van der Waals surface area contributed by atoms with Crippen molar-refractivity contribution in [2.24, 2.45) is 0 Å². The van der Waals surface area contributed by atoms with Crippen LogP contribution in [0.3, 0.4) is 0 Å².